The Morgan fingerprint density at radius 2 is 1.96 bits per heavy atom. The number of hydrogen-bond acceptors (Lipinski definition) is 4. The molecular weight excluding hydrogens is 332 g/mol. The van der Waals surface area contributed by atoms with Crippen LogP contribution in [0.25, 0.3) is 10.6 Å². The number of hydrogen-bond donors (Lipinski definition) is 0. The largest absolute Gasteiger partial charge is 0.494 e. The zero-order chi connectivity index (χ0) is 17.8. The standard InChI is InChI=1S/C20H26N2O2S/c1-4-24-17-11-9-15(10-12-17)19-21-18(13-25-19)20(23)22(14(2)3)16-7-5-6-8-16/h9-14,16H,4-8H2,1-3H3. The normalized spacial score (nSPS) is 14.9. The Balaban J connectivity index is 1.78. The van der Waals surface area contributed by atoms with E-state index in [4.69, 9.17) is 4.74 Å². The molecule has 5 heteroatoms. The van der Waals surface area contributed by atoms with Crippen molar-refractivity contribution < 1.29 is 9.53 Å². The molecule has 0 unspecified atom stereocenters. The van der Waals surface area contributed by atoms with Crippen LogP contribution in [0.3, 0.4) is 0 Å². The molecule has 1 fully saturated rings. The maximum atomic E-state index is 13.0. The molecule has 0 saturated heterocycles. The monoisotopic (exact) mass is 358 g/mol. The SMILES string of the molecule is CCOc1ccc(-c2nc(C(=O)N(C(C)C)C3CCCC3)cs2)cc1. The number of ether oxygens (including phenoxy) is 1. The number of aromatic nitrogens is 1. The summed E-state index contributed by atoms with van der Waals surface area (Å²) in [4.78, 5) is 19.7. The average molecular weight is 359 g/mol. The van der Waals surface area contributed by atoms with Crippen molar-refractivity contribution in [3.8, 4) is 16.3 Å². The van der Waals surface area contributed by atoms with Gasteiger partial charge in [-0.15, -0.1) is 11.3 Å². The van der Waals surface area contributed by atoms with E-state index in [1.54, 1.807) is 0 Å². The number of rotatable bonds is 6. The summed E-state index contributed by atoms with van der Waals surface area (Å²) in [6.07, 6.45) is 4.66. The zero-order valence-corrected chi connectivity index (χ0v) is 16.0. The van der Waals surface area contributed by atoms with Gasteiger partial charge in [0, 0.05) is 23.0 Å². The summed E-state index contributed by atoms with van der Waals surface area (Å²) in [5.41, 5.74) is 1.58. The Kier molecular flexibility index (Phi) is 5.74. The molecule has 25 heavy (non-hydrogen) atoms. The van der Waals surface area contributed by atoms with Crippen LogP contribution >= 0.6 is 11.3 Å². The number of amides is 1. The highest BCUT2D eigenvalue weighted by atomic mass is 32.1. The Labute approximate surface area is 153 Å². The van der Waals surface area contributed by atoms with E-state index in [2.05, 4.69) is 18.8 Å². The van der Waals surface area contributed by atoms with Gasteiger partial charge in [0.15, 0.2) is 0 Å². The number of carbonyl (C=O) groups excluding carboxylic acids is 1. The van der Waals surface area contributed by atoms with Gasteiger partial charge >= 0.3 is 0 Å². The average Bonchev–Trinajstić information content (AvgIpc) is 3.27. The molecule has 1 heterocycles. The molecule has 0 bridgehead atoms. The molecule has 0 atom stereocenters. The zero-order valence-electron chi connectivity index (χ0n) is 15.2. The predicted octanol–water partition coefficient (Wildman–Crippen LogP) is 5.00. The van der Waals surface area contributed by atoms with Gasteiger partial charge in [-0.05, 0) is 57.9 Å². The Morgan fingerprint density at radius 3 is 2.56 bits per heavy atom. The fraction of sp³-hybridized carbons (Fsp3) is 0.500. The van der Waals surface area contributed by atoms with Crippen molar-refractivity contribution in [1.29, 1.82) is 0 Å². The summed E-state index contributed by atoms with van der Waals surface area (Å²) in [6, 6.07) is 8.45. The fourth-order valence-electron chi connectivity index (χ4n) is 3.50. The van der Waals surface area contributed by atoms with Gasteiger partial charge in [0.1, 0.15) is 16.5 Å². The van der Waals surface area contributed by atoms with Crippen LogP contribution in [0.15, 0.2) is 29.6 Å². The number of thiazole rings is 1. The van der Waals surface area contributed by atoms with Crippen molar-refractivity contribution in [2.75, 3.05) is 6.61 Å². The predicted molar refractivity (Wildman–Crippen MR) is 102 cm³/mol. The summed E-state index contributed by atoms with van der Waals surface area (Å²) in [5.74, 6) is 0.918. The van der Waals surface area contributed by atoms with Crippen LogP contribution in [0.2, 0.25) is 0 Å². The molecule has 0 N–H and O–H groups in total. The van der Waals surface area contributed by atoms with Gasteiger partial charge in [-0.1, -0.05) is 12.8 Å². The summed E-state index contributed by atoms with van der Waals surface area (Å²) < 4.78 is 5.48. The minimum Gasteiger partial charge on any atom is -0.494 e. The topological polar surface area (TPSA) is 42.4 Å². The molecular formula is C20H26N2O2S. The second-order valence-electron chi connectivity index (χ2n) is 6.74. The summed E-state index contributed by atoms with van der Waals surface area (Å²) in [6.45, 7) is 6.81. The highest BCUT2D eigenvalue weighted by molar-refractivity contribution is 7.13. The van der Waals surface area contributed by atoms with Crippen molar-refractivity contribution in [3.05, 3.63) is 35.3 Å². The van der Waals surface area contributed by atoms with Crippen LogP contribution in [-0.2, 0) is 0 Å². The molecule has 1 aromatic heterocycles. The van der Waals surface area contributed by atoms with E-state index < -0.39 is 0 Å². The minimum atomic E-state index is 0.0651. The van der Waals surface area contributed by atoms with Crippen molar-refractivity contribution in [1.82, 2.24) is 9.88 Å². The van der Waals surface area contributed by atoms with Gasteiger partial charge in [0.25, 0.3) is 5.91 Å². The maximum absolute atomic E-state index is 13.0. The number of carbonyl (C=O) groups is 1. The highest BCUT2D eigenvalue weighted by Gasteiger charge is 2.30. The molecule has 1 aromatic carbocycles. The third-order valence-electron chi connectivity index (χ3n) is 4.64. The smallest absolute Gasteiger partial charge is 0.273 e. The quantitative estimate of drug-likeness (QED) is 0.729. The van der Waals surface area contributed by atoms with Gasteiger partial charge in [-0.3, -0.25) is 4.79 Å². The Bertz CT molecular complexity index is 703. The van der Waals surface area contributed by atoms with E-state index in [9.17, 15) is 4.79 Å². The van der Waals surface area contributed by atoms with Gasteiger partial charge < -0.3 is 9.64 Å². The van der Waals surface area contributed by atoms with Crippen LogP contribution in [0.5, 0.6) is 5.75 Å². The van der Waals surface area contributed by atoms with E-state index in [-0.39, 0.29) is 11.9 Å². The van der Waals surface area contributed by atoms with Crippen molar-refractivity contribution >= 4 is 17.2 Å². The Hall–Kier alpha value is -1.88. The molecule has 0 spiro atoms. The van der Waals surface area contributed by atoms with Gasteiger partial charge in [-0.25, -0.2) is 4.98 Å². The third-order valence-corrected chi connectivity index (χ3v) is 5.54. The second kappa shape index (κ2) is 8.00. The maximum Gasteiger partial charge on any atom is 0.273 e. The van der Waals surface area contributed by atoms with Crippen LogP contribution in [0, 0.1) is 0 Å². The van der Waals surface area contributed by atoms with Crippen LogP contribution in [0.4, 0.5) is 0 Å². The molecule has 2 aromatic rings. The lowest BCUT2D eigenvalue weighted by Gasteiger charge is -2.32. The summed E-state index contributed by atoms with van der Waals surface area (Å²) in [5, 5.41) is 2.76. The highest BCUT2D eigenvalue weighted by Crippen LogP contribution is 2.29. The van der Waals surface area contributed by atoms with Gasteiger partial charge in [0.05, 0.1) is 6.61 Å². The summed E-state index contributed by atoms with van der Waals surface area (Å²) >= 11 is 1.52. The lowest BCUT2D eigenvalue weighted by molar-refractivity contribution is 0.0608. The first-order chi connectivity index (χ1) is 12.1. The number of nitrogens with zero attached hydrogens (tertiary/aromatic N) is 2. The lowest BCUT2D eigenvalue weighted by atomic mass is 10.1. The van der Waals surface area contributed by atoms with E-state index in [0.717, 1.165) is 29.2 Å². The molecule has 4 nitrogen and oxygen atoms in total. The molecule has 134 valence electrons. The number of benzene rings is 1. The molecule has 1 aliphatic carbocycles. The first-order valence-electron chi connectivity index (χ1n) is 9.11. The van der Waals surface area contributed by atoms with Gasteiger partial charge in [-0.2, -0.15) is 0 Å². The second-order valence-corrected chi connectivity index (χ2v) is 7.60. The molecule has 1 aliphatic rings. The third kappa shape index (κ3) is 4.03. The van der Waals surface area contributed by atoms with Crippen LogP contribution in [-0.4, -0.2) is 34.5 Å². The van der Waals surface area contributed by atoms with Crippen molar-refractivity contribution in [3.63, 3.8) is 0 Å². The molecule has 0 aliphatic heterocycles. The molecule has 1 saturated carbocycles. The Morgan fingerprint density at radius 1 is 1.28 bits per heavy atom. The van der Waals surface area contributed by atoms with Crippen LogP contribution < -0.4 is 4.74 Å². The van der Waals surface area contributed by atoms with E-state index in [1.807, 2.05) is 41.5 Å². The molecule has 0 radical (unpaired) electrons. The van der Waals surface area contributed by atoms with E-state index >= 15 is 0 Å². The van der Waals surface area contributed by atoms with Crippen molar-refractivity contribution in [2.24, 2.45) is 0 Å². The first kappa shape index (κ1) is 17.9. The van der Waals surface area contributed by atoms with Crippen molar-refractivity contribution in [2.45, 2.75) is 58.5 Å². The van der Waals surface area contributed by atoms with E-state index in [0.29, 0.717) is 18.3 Å². The molecule has 3 rings (SSSR count). The summed E-state index contributed by atoms with van der Waals surface area (Å²) in [7, 11) is 0. The van der Waals surface area contributed by atoms with E-state index in [1.165, 1.54) is 24.2 Å². The fourth-order valence-corrected chi connectivity index (χ4v) is 4.30. The van der Waals surface area contributed by atoms with Crippen LogP contribution in [0.1, 0.15) is 56.9 Å². The first-order valence-corrected chi connectivity index (χ1v) is 9.99. The molecule has 1 amide bonds. The lowest BCUT2D eigenvalue weighted by Crippen LogP contribution is -2.43. The minimum absolute atomic E-state index is 0.0651. The van der Waals surface area contributed by atoms with Gasteiger partial charge in [0.2, 0.25) is 0 Å².